The SMILES string of the molecule is CS(=O)(=O)c1ccc(NCC(=O)[O-])c([N+](=O)[O-])c1. The molecule has 0 aromatic heterocycles. The second-order valence-electron chi connectivity index (χ2n) is 3.43. The van der Waals surface area contributed by atoms with Crippen molar-refractivity contribution in [1.29, 1.82) is 0 Å². The standard InChI is InChI=1S/C9H10N2O6S/c1-18(16,17)6-2-3-7(10-5-9(12)13)8(4-6)11(14)15/h2-4,10H,5H2,1H3,(H,12,13)/p-1. The third-order valence-electron chi connectivity index (χ3n) is 2.02. The molecule has 0 fully saturated rings. The Kier molecular flexibility index (Phi) is 3.86. The summed E-state index contributed by atoms with van der Waals surface area (Å²) in [7, 11) is -3.57. The Morgan fingerprint density at radius 2 is 2.06 bits per heavy atom. The number of nitro benzene ring substituents is 1. The van der Waals surface area contributed by atoms with Crippen LogP contribution in [0.25, 0.3) is 0 Å². The second kappa shape index (κ2) is 5.00. The molecule has 1 rings (SSSR count). The number of hydrogen-bond acceptors (Lipinski definition) is 7. The summed E-state index contributed by atoms with van der Waals surface area (Å²) in [5.41, 5.74) is -0.601. The van der Waals surface area contributed by atoms with Gasteiger partial charge in [-0.05, 0) is 12.1 Å². The van der Waals surface area contributed by atoms with Crippen molar-refractivity contribution in [2.24, 2.45) is 0 Å². The molecule has 0 radical (unpaired) electrons. The van der Waals surface area contributed by atoms with E-state index in [1.807, 2.05) is 0 Å². The van der Waals surface area contributed by atoms with Crippen molar-refractivity contribution in [1.82, 2.24) is 0 Å². The topological polar surface area (TPSA) is 129 Å². The van der Waals surface area contributed by atoms with Gasteiger partial charge in [0.05, 0.1) is 22.3 Å². The highest BCUT2D eigenvalue weighted by atomic mass is 32.2. The van der Waals surface area contributed by atoms with Gasteiger partial charge in [-0.15, -0.1) is 0 Å². The minimum absolute atomic E-state index is 0.0865. The molecule has 0 saturated carbocycles. The van der Waals surface area contributed by atoms with E-state index in [9.17, 15) is 28.4 Å². The van der Waals surface area contributed by atoms with Gasteiger partial charge in [0.1, 0.15) is 5.69 Å². The summed E-state index contributed by atoms with van der Waals surface area (Å²) in [5, 5.41) is 23.3. The number of hydrogen-bond donors (Lipinski definition) is 1. The average Bonchev–Trinajstić information content (AvgIpc) is 2.24. The van der Waals surface area contributed by atoms with Crippen LogP contribution in [0, 0.1) is 10.1 Å². The van der Waals surface area contributed by atoms with Crippen LogP contribution in [0.2, 0.25) is 0 Å². The smallest absolute Gasteiger partial charge is 0.293 e. The molecule has 0 spiro atoms. The van der Waals surface area contributed by atoms with Crippen molar-refractivity contribution in [3.8, 4) is 0 Å². The van der Waals surface area contributed by atoms with Crippen LogP contribution in [0.3, 0.4) is 0 Å². The normalized spacial score (nSPS) is 10.9. The zero-order valence-corrected chi connectivity index (χ0v) is 10.1. The van der Waals surface area contributed by atoms with E-state index in [1.54, 1.807) is 0 Å². The number of sulfone groups is 1. The fraction of sp³-hybridized carbons (Fsp3) is 0.222. The molecule has 98 valence electrons. The Balaban J connectivity index is 3.21. The lowest BCUT2D eigenvalue weighted by Crippen LogP contribution is -2.30. The van der Waals surface area contributed by atoms with Crippen molar-refractivity contribution in [3.05, 3.63) is 28.3 Å². The quantitative estimate of drug-likeness (QED) is 0.546. The van der Waals surface area contributed by atoms with Crippen LogP contribution in [0.1, 0.15) is 0 Å². The van der Waals surface area contributed by atoms with Gasteiger partial charge in [0.15, 0.2) is 9.84 Å². The Bertz CT molecular complexity index is 595. The predicted octanol–water partition coefficient (Wildman–Crippen LogP) is -0.840. The highest BCUT2D eigenvalue weighted by molar-refractivity contribution is 7.90. The molecule has 0 unspecified atom stereocenters. The van der Waals surface area contributed by atoms with Gasteiger partial charge in [-0.25, -0.2) is 8.42 Å². The summed E-state index contributed by atoms with van der Waals surface area (Å²) < 4.78 is 22.5. The van der Waals surface area contributed by atoms with Crippen molar-refractivity contribution in [2.75, 3.05) is 18.1 Å². The van der Waals surface area contributed by atoms with Crippen LogP contribution in [0.5, 0.6) is 0 Å². The molecule has 8 nitrogen and oxygen atoms in total. The van der Waals surface area contributed by atoms with Gasteiger partial charge < -0.3 is 15.2 Å². The molecule has 0 amide bonds. The number of rotatable bonds is 5. The zero-order valence-electron chi connectivity index (χ0n) is 9.24. The monoisotopic (exact) mass is 273 g/mol. The fourth-order valence-electron chi connectivity index (χ4n) is 1.21. The first-order valence-electron chi connectivity index (χ1n) is 4.64. The third kappa shape index (κ3) is 3.42. The lowest BCUT2D eigenvalue weighted by Gasteiger charge is -2.08. The average molecular weight is 273 g/mol. The molecular weight excluding hydrogens is 264 g/mol. The molecule has 0 aliphatic rings. The summed E-state index contributed by atoms with van der Waals surface area (Å²) in [6.45, 7) is -0.612. The van der Waals surface area contributed by atoms with Gasteiger partial charge in [-0.1, -0.05) is 0 Å². The summed E-state index contributed by atoms with van der Waals surface area (Å²) in [5.74, 6) is -1.43. The first-order chi connectivity index (χ1) is 8.21. The molecule has 1 aromatic rings. The first kappa shape index (κ1) is 13.9. The first-order valence-corrected chi connectivity index (χ1v) is 6.53. The van der Waals surface area contributed by atoms with Crippen LogP contribution in [0.4, 0.5) is 11.4 Å². The number of carbonyl (C=O) groups excluding carboxylic acids is 1. The molecule has 0 bridgehead atoms. The van der Waals surface area contributed by atoms with Gasteiger partial charge in [-0.2, -0.15) is 0 Å². The Hall–Kier alpha value is -2.16. The number of aliphatic carboxylic acids is 1. The number of nitro groups is 1. The maximum absolute atomic E-state index is 11.2. The molecule has 1 aromatic carbocycles. The number of carboxylic acid groups (broad SMARTS) is 1. The summed E-state index contributed by atoms with van der Waals surface area (Å²) in [4.78, 5) is 20.0. The van der Waals surface area contributed by atoms with Crippen LogP contribution in [-0.2, 0) is 14.6 Å². The summed E-state index contributed by atoms with van der Waals surface area (Å²) in [6.07, 6.45) is 0.917. The lowest BCUT2D eigenvalue weighted by atomic mass is 10.2. The third-order valence-corrected chi connectivity index (χ3v) is 3.13. The number of nitrogens with zero attached hydrogens (tertiary/aromatic N) is 1. The maximum atomic E-state index is 11.2. The lowest BCUT2D eigenvalue weighted by molar-refractivity contribution is -0.384. The minimum atomic E-state index is -3.57. The highest BCUT2D eigenvalue weighted by Crippen LogP contribution is 2.27. The predicted molar refractivity (Wildman–Crippen MR) is 59.7 cm³/mol. The van der Waals surface area contributed by atoms with Crippen molar-refractivity contribution < 1.29 is 23.2 Å². The molecule has 0 aliphatic heterocycles. The van der Waals surface area contributed by atoms with Crippen molar-refractivity contribution in [3.63, 3.8) is 0 Å². The van der Waals surface area contributed by atoms with E-state index in [2.05, 4.69) is 5.32 Å². The Morgan fingerprint density at radius 1 is 1.44 bits per heavy atom. The number of anilines is 1. The molecule has 0 atom stereocenters. The molecule has 9 heteroatoms. The van der Waals surface area contributed by atoms with Gasteiger partial charge in [0.2, 0.25) is 0 Å². The molecule has 1 N–H and O–H groups in total. The van der Waals surface area contributed by atoms with E-state index in [0.717, 1.165) is 24.5 Å². The Morgan fingerprint density at radius 3 is 2.50 bits per heavy atom. The van der Waals surface area contributed by atoms with E-state index in [-0.39, 0.29) is 10.6 Å². The molecule has 18 heavy (non-hydrogen) atoms. The van der Waals surface area contributed by atoms with Crippen LogP contribution >= 0.6 is 0 Å². The van der Waals surface area contributed by atoms with Gasteiger partial charge in [0, 0.05) is 12.3 Å². The highest BCUT2D eigenvalue weighted by Gasteiger charge is 2.18. The van der Waals surface area contributed by atoms with E-state index in [4.69, 9.17) is 0 Å². The molecule has 0 aliphatic carbocycles. The van der Waals surface area contributed by atoms with E-state index in [1.165, 1.54) is 0 Å². The van der Waals surface area contributed by atoms with Crippen LogP contribution in [0.15, 0.2) is 23.1 Å². The number of benzene rings is 1. The van der Waals surface area contributed by atoms with Gasteiger partial charge in [-0.3, -0.25) is 10.1 Å². The summed E-state index contributed by atoms with van der Waals surface area (Å²) >= 11 is 0. The van der Waals surface area contributed by atoms with E-state index in [0.29, 0.717) is 0 Å². The molecule has 0 saturated heterocycles. The molecular formula is C9H9N2O6S-. The zero-order chi connectivity index (χ0) is 13.9. The van der Waals surface area contributed by atoms with Gasteiger partial charge >= 0.3 is 0 Å². The van der Waals surface area contributed by atoms with E-state index < -0.39 is 33.0 Å². The van der Waals surface area contributed by atoms with Crippen LogP contribution in [-0.4, -0.2) is 32.1 Å². The van der Waals surface area contributed by atoms with Gasteiger partial charge in [0.25, 0.3) is 5.69 Å². The number of nitrogens with one attached hydrogen (secondary N) is 1. The minimum Gasteiger partial charge on any atom is -0.548 e. The second-order valence-corrected chi connectivity index (χ2v) is 5.45. The largest absolute Gasteiger partial charge is 0.548 e. The van der Waals surface area contributed by atoms with E-state index >= 15 is 0 Å². The van der Waals surface area contributed by atoms with Crippen molar-refractivity contribution >= 4 is 27.2 Å². The summed E-state index contributed by atoms with van der Waals surface area (Å²) in [6, 6.07) is 3.16. The molecule has 0 heterocycles. The fourth-order valence-corrected chi connectivity index (χ4v) is 1.85. The Labute approximate surface area is 102 Å². The van der Waals surface area contributed by atoms with Crippen LogP contribution < -0.4 is 10.4 Å². The van der Waals surface area contributed by atoms with Crippen molar-refractivity contribution in [2.45, 2.75) is 4.90 Å². The number of carboxylic acids is 1. The maximum Gasteiger partial charge on any atom is 0.293 e. The number of carbonyl (C=O) groups is 1.